The van der Waals surface area contributed by atoms with Crippen molar-refractivity contribution in [1.29, 1.82) is 0 Å². The van der Waals surface area contributed by atoms with Crippen molar-refractivity contribution in [3.05, 3.63) is 36.3 Å². The normalized spacial score (nSPS) is 17.8. The molecule has 1 aliphatic heterocycles. The van der Waals surface area contributed by atoms with Crippen LogP contribution in [0, 0.1) is 11.8 Å². The molecule has 172 valence electrons. The fourth-order valence-electron chi connectivity index (χ4n) is 4.75. The van der Waals surface area contributed by atoms with Gasteiger partial charge in [0.05, 0.1) is 18.8 Å². The summed E-state index contributed by atoms with van der Waals surface area (Å²) in [6.45, 7) is 5.22. The number of ether oxygens (including phenoxy) is 1. The van der Waals surface area contributed by atoms with Crippen molar-refractivity contribution in [3.8, 4) is 5.75 Å². The Bertz CT molecular complexity index is 1000. The van der Waals surface area contributed by atoms with Gasteiger partial charge in [0, 0.05) is 38.4 Å². The Kier molecular flexibility index (Phi) is 6.35. The van der Waals surface area contributed by atoms with Crippen LogP contribution < -0.4 is 9.64 Å². The van der Waals surface area contributed by atoms with Gasteiger partial charge in [0.2, 0.25) is 0 Å². The molecule has 1 saturated heterocycles. The highest BCUT2D eigenvalue weighted by Crippen LogP contribution is 2.39. The van der Waals surface area contributed by atoms with Crippen molar-refractivity contribution >= 4 is 16.7 Å². The topological polar surface area (TPSA) is 59.6 Å². The molecule has 1 saturated carbocycles. The SMILES string of the molecule is CN(C)c1c(OCC2CC2)ccc2c(CCC3CCN(CCn4cccn4)CC3)noc12. The molecule has 7 heteroatoms. The number of hydrogen-bond acceptors (Lipinski definition) is 6. The lowest BCUT2D eigenvalue weighted by Gasteiger charge is -2.31. The van der Waals surface area contributed by atoms with Gasteiger partial charge in [0.1, 0.15) is 11.4 Å². The molecular formula is C25H35N5O2. The zero-order valence-corrected chi connectivity index (χ0v) is 19.4. The van der Waals surface area contributed by atoms with Crippen LogP contribution in [0.4, 0.5) is 5.69 Å². The summed E-state index contributed by atoms with van der Waals surface area (Å²) in [7, 11) is 4.09. The number of aromatic nitrogens is 3. The van der Waals surface area contributed by atoms with E-state index in [9.17, 15) is 0 Å². The molecule has 0 amide bonds. The second-order valence-corrected chi connectivity index (χ2v) is 9.66. The second kappa shape index (κ2) is 9.53. The number of fused-ring (bicyclic) bond motifs is 1. The first-order valence-corrected chi connectivity index (χ1v) is 12.1. The predicted molar refractivity (Wildman–Crippen MR) is 126 cm³/mol. The summed E-state index contributed by atoms with van der Waals surface area (Å²) in [5.41, 5.74) is 2.94. The van der Waals surface area contributed by atoms with E-state index < -0.39 is 0 Å². The van der Waals surface area contributed by atoms with Crippen LogP contribution >= 0.6 is 0 Å². The van der Waals surface area contributed by atoms with Gasteiger partial charge in [-0.25, -0.2) is 0 Å². The van der Waals surface area contributed by atoms with Crippen LogP contribution in [0.25, 0.3) is 11.0 Å². The van der Waals surface area contributed by atoms with Crippen molar-refractivity contribution in [3.63, 3.8) is 0 Å². The summed E-state index contributed by atoms with van der Waals surface area (Å²) in [4.78, 5) is 4.65. The lowest BCUT2D eigenvalue weighted by atomic mass is 9.91. The molecule has 0 N–H and O–H groups in total. The molecule has 0 spiro atoms. The van der Waals surface area contributed by atoms with E-state index in [2.05, 4.69) is 32.2 Å². The number of aryl methyl sites for hydroxylation is 1. The minimum absolute atomic E-state index is 0.725. The number of piperidine rings is 1. The number of nitrogens with zero attached hydrogens (tertiary/aromatic N) is 5. The Morgan fingerprint density at radius 1 is 1.09 bits per heavy atom. The molecular weight excluding hydrogens is 402 g/mol. The van der Waals surface area contributed by atoms with Crippen molar-refractivity contribution in [2.75, 3.05) is 45.2 Å². The van der Waals surface area contributed by atoms with Gasteiger partial charge in [-0.15, -0.1) is 0 Å². The smallest absolute Gasteiger partial charge is 0.194 e. The number of hydrogen-bond donors (Lipinski definition) is 0. The van der Waals surface area contributed by atoms with Crippen LogP contribution in [0.2, 0.25) is 0 Å². The van der Waals surface area contributed by atoms with Gasteiger partial charge in [-0.3, -0.25) is 4.68 Å². The van der Waals surface area contributed by atoms with E-state index in [0.29, 0.717) is 0 Å². The molecule has 32 heavy (non-hydrogen) atoms. The van der Waals surface area contributed by atoms with E-state index in [1.807, 2.05) is 37.2 Å². The molecule has 2 aliphatic rings. The average Bonchev–Trinajstić information content (AvgIpc) is 3.31. The second-order valence-electron chi connectivity index (χ2n) is 9.66. The molecule has 3 aromatic rings. The molecule has 0 radical (unpaired) electrons. The quantitative estimate of drug-likeness (QED) is 0.473. The van der Waals surface area contributed by atoms with Crippen LogP contribution in [-0.4, -0.2) is 60.2 Å². The van der Waals surface area contributed by atoms with Crippen LogP contribution in [0.15, 0.2) is 35.1 Å². The summed E-state index contributed by atoms with van der Waals surface area (Å²) in [6.07, 6.45) is 11.1. The zero-order chi connectivity index (χ0) is 21.9. The third-order valence-corrected chi connectivity index (χ3v) is 6.97. The minimum Gasteiger partial charge on any atom is -0.491 e. The van der Waals surface area contributed by atoms with Gasteiger partial charge in [0.15, 0.2) is 5.58 Å². The summed E-state index contributed by atoms with van der Waals surface area (Å²) < 4.78 is 14.0. The monoisotopic (exact) mass is 437 g/mol. The maximum Gasteiger partial charge on any atom is 0.194 e. The Hall–Kier alpha value is -2.54. The molecule has 0 unspecified atom stereocenters. The summed E-state index contributed by atoms with van der Waals surface area (Å²) >= 11 is 0. The largest absolute Gasteiger partial charge is 0.491 e. The molecule has 2 aromatic heterocycles. The maximum absolute atomic E-state index is 6.11. The Balaban J connectivity index is 1.16. The lowest BCUT2D eigenvalue weighted by molar-refractivity contribution is 0.172. The highest BCUT2D eigenvalue weighted by Gasteiger charge is 2.25. The summed E-state index contributed by atoms with van der Waals surface area (Å²) in [6, 6.07) is 6.22. The first-order chi connectivity index (χ1) is 15.7. The van der Waals surface area contributed by atoms with Crippen LogP contribution in [0.1, 0.15) is 37.8 Å². The zero-order valence-electron chi connectivity index (χ0n) is 19.4. The fraction of sp³-hybridized carbons (Fsp3) is 0.600. The third-order valence-electron chi connectivity index (χ3n) is 6.97. The van der Waals surface area contributed by atoms with E-state index in [0.717, 1.165) is 66.1 Å². The van der Waals surface area contributed by atoms with Crippen LogP contribution in [0.5, 0.6) is 5.75 Å². The highest BCUT2D eigenvalue weighted by atomic mass is 16.5. The maximum atomic E-state index is 6.11. The van der Waals surface area contributed by atoms with Crippen molar-refractivity contribution in [2.24, 2.45) is 11.8 Å². The Morgan fingerprint density at radius 3 is 2.66 bits per heavy atom. The van der Waals surface area contributed by atoms with E-state index in [4.69, 9.17) is 9.26 Å². The summed E-state index contributed by atoms with van der Waals surface area (Å²) in [5.74, 6) is 2.39. The van der Waals surface area contributed by atoms with Gasteiger partial charge in [-0.2, -0.15) is 5.10 Å². The van der Waals surface area contributed by atoms with Crippen molar-refractivity contribution in [2.45, 2.75) is 45.1 Å². The van der Waals surface area contributed by atoms with Gasteiger partial charge in [-0.1, -0.05) is 5.16 Å². The minimum atomic E-state index is 0.725. The van der Waals surface area contributed by atoms with E-state index >= 15 is 0 Å². The standard InChI is InChI=1S/C25H35N5O2/c1-28(2)24-23(31-18-20-4-5-20)9-7-21-22(27-32-25(21)24)8-6-19-10-14-29(15-11-19)16-17-30-13-3-12-26-30/h3,7,9,12-13,19-20H,4-6,8,10-11,14-18H2,1-2H3. The van der Waals surface area contributed by atoms with E-state index in [1.54, 1.807) is 0 Å². The van der Waals surface area contributed by atoms with Gasteiger partial charge in [-0.05, 0) is 81.6 Å². The van der Waals surface area contributed by atoms with E-state index in [-0.39, 0.29) is 0 Å². The molecule has 7 nitrogen and oxygen atoms in total. The number of rotatable bonds is 10. The fourth-order valence-corrected chi connectivity index (χ4v) is 4.75. The number of likely N-dealkylation sites (tertiary alicyclic amines) is 1. The Morgan fingerprint density at radius 2 is 1.94 bits per heavy atom. The van der Waals surface area contributed by atoms with Crippen LogP contribution in [-0.2, 0) is 13.0 Å². The molecule has 0 atom stereocenters. The molecule has 1 aliphatic carbocycles. The van der Waals surface area contributed by atoms with E-state index in [1.165, 1.54) is 45.2 Å². The van der Waals surface area contributed by atoms with Gasteiger partial charge >= 0.3 is 0 Å². The van der Waals surface area contributed by atoms with Gasteiger partial charge in [0.25, 0.3) is 0 Å². The first kappa shape index (κ1) is 21.3. The molecule has 3 heterocycles. The number of benzene rings is 1. The summed E-state index contributed by atoms with van der Waals surface area (Å²) in [5, 5.41) is 9.90. The molecule has 2 fully saturated rings. The molecule has 0 bridgehead atoms. The lowest BCUT2D eigenvalue weighted by Crippen LogP contribution is -2.36. The highest BCUT2D eigenvalue weighted by molar-refractivity contribution is 5.94. The Labute approximate surface area is 190 Å². The molecule has 1 aromatic carbocycles. The van der Waals surface area contributed by atoms with Crippen LogP contribution in [0.3, 0.4) is 0 Å². The molecule has 5 rings (SSSR count). The van der Waals surface area contributed by atoms with Crippen molar-refractivity contribution < 1.29 is 9.26 Å². The van der Waals surface area contributed by atoms with Crippen molar-refractivity contribution in [1.82, 2.24) is 19.8 Å². The third kappa shape index (κ3) is 4.93. The van der Waals surface area contributed by atoms with Gasteiger partial charge < -0.3 is 19.1 Å². The first-order valence-electron chi connectivity index (χ1n) is 12.1. The average molecular weight is 438 g/mol. The predicted octanol–water partition coefficient (Wildman–Crippen LogP) is 4.22. The number of anilines is 1.